The van der Waals surface area contributed by atoms with Crippen LogP contribution in [0.25, 0.3) is 5.69 Å². The van der Waals surface area contributed by atoms with Crippen molar-refractivity contribution in [2.45, 2.75) is 43.6 Å². The summed E-state index contributed by atoms with van der Waals surface area (Å²) in [6.45, 7) is 2.85. The molecule has 5 rings (SSSR count). The van der Waals surface area contributed by atoms with Crippen molar-refractivity contribution >= 4 is 46.8 Å². The third-order valence-electron chi connectivity index (χ3n) is 7.53. The molecule has 0 N–H and O–H groups in total. The van der Waals surface area contributed by atoms with E-state index in [-0.39, 0.29) is 23.4 Å². The maximum atomic E-state index is 13.0. The average molecular weight is 677 g/mol. The summed E-state index contributed by atoms with van der Waals surface area (Å²) in [7, 11) is 0. The zero-order valence-corrected chi connectivity index (χ0v) is 26.6. The van der Waals surface area contributed by atoms with E-state index in [1.54, 1.807) is 21.9 Å². The molecule has 0 saturated carbocycles. The van der Waals surface area contributed by atoms with E-state index < -0.39 is 11.7 Å². The van der Waals surface area contributed by atoms with E-state index in [1.165, 1.54) is 23.9 Å². The van der Waals surface area contributed by atoms with Crippen molar-refractivity contribution in [2.24, 2.45) is 0 Å². The molecule has 1 saturated heterocycles. The van der Waals surface area contributed by atoms with Crippen molar-refractivity contribution in [3.63, 3.8) is 0 Å². The molecule has 2 heterocycles. The summed E-state index contributed by atoms with van der Waals surface area (Å²) in [4.78, 5) is 29.4. The highest BCUT2D eigenvalue weighted by atomic mass is 35.5. The predicted octanol–water partition coefficient (Wildman–Crippen LogP) is 7.43. The van der Waals surface area contributed by atoms with Gasteiger partial charge in [-0.25, -0.2) is 0 Å². The Bertz CT molecular complexity index is 1650. The van der Waals surface area contributed by atoms with Gasteiger partial charge in [-0.05, 0) is 61.4 Å². The Balaban J connectivity index is 1.16. The number of aromatic nitrogens is 3. The van der Waals surface area contributed by atoms with Crippen LogP contribution in [0, 0.1) is 0 Å². The fraction of sp³-hybridized carbons (Fsp3) is 0.312. The van der Waals surface area contributed by atoms with Gasteiger partial charge in [0, 0.05) is 49.8 Å². The molecule has 1 aliphatic heterocycles. The lowest BCUT2D eigenvalue weighted by atomic mass is 10.1. The topological polar surface area (TPSA) is 71.3 Å². The lowest BCUT2D eigenvalue weighted by molar-refractivity contribution is -0.137. The predicted molar refractivity (Wildman–Crippen MR) is 169 cm³/mol. The fourth-order valence-electron chi connectivity index (χ4n) is 5.17. The highest BCUT2D eigenvalue weighted by Crippen LogP contribution is 2.31. The second-order valence-corrected chi connectivity index (χ2v) is 12.6. The van der Waals surface area contributed by atoms with Crippen LogP contribution in [-0.2, 0) is 17.4 Å². The van der Waals surface area contributed by atoms with Crippen molar-refractivity contribution in [3.8, 4) is 5.69 Å². The van der Waals surface area contributed by atoms with Crippen LogP contribution < -0.4 is 0 Å². The molecule has 0 spiro atoms. The third kappa shape index (κ3) is 8.01. The van der Waals surface area contributed by atoms with E-state index in [0.29, 0.717) is 59.9 Å². The first-order valence-electron chi connectivity index (χ1n) is 14.3. The molecule has 7 nitrogen and oxygen atoms in total. The van der Waals surface area contributed by atoms with E-state index in [2.05, 4.69) is 10.2 Å². The van der Waals surface area contributed by atoms with Gasteiger partial charge >= 0.3 is 6.18 Å². The number of hydrogen-bond acceptors (Lipinski definition) is 5. The highest BCUT2D eigenvalue weighted by Gasteiger charge is 2.32. The van der Waals surface area contributed by atoms with Crippen LogP contribution in [0.15, 0.2) is 78.0 Å². The molecule has 13 heteroatoms. The van der Waals surface area contributed by atoms with E-state index in [0.717, 1.165) is 29.2 Å². The summed E-state index contributed by atoms with van der Waals surface area (Å²) in [6.07, 6.45) is -2.97. The molecule has 236 valence electrons. The number of rotatable bonds is 9. The van der Waals surface area contributed by atoms with Gasteiger partial charge in [0.15, 0.2) is 5.16 Å². The molecular weight excluding hydrogens is 646 g/mol. The fourth-order valence-corrected chi connectivity index (χ4v) is 6.37. The van der Waals surface area contributed by atoms with E-state index in [9.17, 15) is 22.8 Å². The molecule has 0 aliphatic carbocycles. The normalized spacial score (nSPS) is 15.4. The first-order chi connectivity index (χ1) is 21.5. The summed E-state index contributed by atoms with van der Waals surface area (Å²) in [5.41, 5.74) is 1.26. The van der Waals surface area contributed by atoms with Crippen LogP contribution in [-0.4, -0.2) is 67.8 Å². The van der Waals surface area contributed by atoms with Gasteiger partial charge in [-0.2, -0.15) is 13.2 Å². The Morgan fingerprint density at radius 2 is 1.69 bits per heavy atom. The number of hydrogen-bond donors (Lipinski definition) is 0. The molecule has 1 fully saturated rings. The monoisotopic (exact) mass is 675 g/mol. The van der Waals surface area contributed by atoms with E-state index in [4.69, 9.17) is 23.2 Å². The number of carbonyl (C=O) groups is 2. The number of piperazine rings is 1. The standard InChI is InChI=1S/C32H30Cl2F3N5O2S/c1-21-20-40(15-16-41(21)30(44)23-9-11-24(12-10-23)32(35,36)37)29(43)8-5-17-45-31-39-38-28(18-22-6-3-2-4-7-22)42(31)25-13-14-26(33)27(34)19-25/h2-4,6-7,9-14,19,21H,5,8,15-18,20H2,1H3. The summed E-state index contributed by atoms with van der Waals surface area (Å²) in [6, 6.07) is 19.3. The average Bonchev–Trinajstić information content (AvgIpc) is 3.42. The summed E-state index contributed by atoms with van der Waals surface area (Å²) in [5, 5.41) is 10.4. The molecular formula is C32H30Cl2F3N5O2S. The molecule has 0 bridgehead atoms. The molecule has 2 amide bonds. The zero-order valence-electron chi connectivity index (χ0n) is 24.3. The van der Waals surface area contributed by atoms with Crippen LogP contribution in [0.2, 0.25) is 10.0 Å². The van der Waals surface area contributed by atoms with Crippen molar-refractivity contribution in [1.82, 2.24) is 24.6 Å². The minimum absolute atomic E-state index is 0.0141. The number of benzene rings is 3. The van der Waals surface area contributed by atoms with E-state index in [1.807, 2.05) is 47.9 Å². The van der Waals surface area contributed by atoms with Gasteiger partial charge in [0.1, 0.15) is 5.82 Å². The Labute approximate surface area is 273 Å². The zero-order chi connectivity index (χ0) is 32.1. The Morgan fingerprint density at radius 1 is 0.956 bits per heavy atom. The number of thioether (sulfide) groups is 1. The van der Waals surface area contributed by atoms with Gasteiger partial charge in [0.05, 0.1) is 21.3 Å². The van der Waals surface area contributed by atoms with Crippen LogP contribution in [0.4, 0.5) is 13.2 Å². The maximum Gasteiger partial charge on any atom is 0.416 e. The summed E-state index contributed by atoms with van der Waals surface area (Å²) < 4.78 is 40.6. The van der Waals surface area contributed by atoms with Crippen LogP contribution in [0.1, 0.15) is 47.1 Å². The maximum absolute atomic E-state index is 13.0. The third-order valence-corrected chi connectivity index (χ3v) is 9.29. The van der Waals surface area contributed by atoms with E-state index >= 15 is 0 Å². The van der Waals surface area contributed by atoms with Crippen molar-refractivity contribution in [3.05, 3.63) is 105 Å². The van der Waals surface area contributed by atoms with Crippen molar-refractivity contribution in [2.75, 3.05) is 25.4 Å². The number of halogens is 5. The van der Waals surface area contributed by atoms with Gasteiger partial charge in [-0.1, -0.05) is 65.3 Å². The Kier molecular flexibility index (Phi) is 10.4. The summed E-state index contributed by atoms with van der Waals surface area (Å²) >= 11 is 14.0. The van der Waals surface area contributed by atoms with Gasteiger partial charge in [-0.3, -0.25) is 14.2 Å². The highest BCUT2D eigenvalue weighted by molar-refractivity contribution is 7.99. The second-order valence-electron chi connectivity index (χ2n) is 10.7. The SMILES string of the molecule is CC1CN(C(=O)CCCSc2nnc(Cc3ccccc3)n2-c2ccc(Cl)c(Cl)c2)CCN1C(=O)c1ccc(C(F)(F)F)cc1. The quantitative estimate of drug-likeness (QED) is 0.136. The first-order valence-corrected chi connectivity index (χ1v) is 16.1. The molecule has 45 heavy (non-hydrogen) atoms. The van der Waals surface area contributed by atoms with Gasteiger partial charge in [-0.15, -0.1) is 10.2 Å². The van der Waals surface area contributed by atoms with Crippen molar-refractivity contribution < 1.29 is 22.8 Å². The molecule has 4 aromatic rings. The van der Waals surface area contributed by atoms with Crippen LogP contribution in [0.5, 0.6) is 0 Å². The lowest BCUT2D eigenvalue weighted by Gasteiger charge is -2.40. The molecule has 1 atom stereocenters. The lowest BCUT2D eigenvalue weighted by Crippen LogP contribution is -2.55. The van der Waals surface area contributed by atoms with Gasteiger partial charge < -0.3 is 9.80 Å². The largest absolute Gasteiger partial charge is 0.416 e. The number of amides is 2. The second kappa shape index (κ2) is 14.3. The minimum atomic E-state index is -4.46. The molecule has 1 aromatic heterocycles. The molecule has 0 radical (unpaired) electrons. The minimum Gasteiger partial charge on any atom is -0.339 e. The summed E-state index contributed by atoms with van der Waals surface area (Å²) in [5.74, 6) is 1.01. The van der Waals surface area contributed by atoms with Gasteiger partial charge in [0.25, 0.3) is 5.91 Å². The van der Waals surface area contributed by atoms with Crippen molar-refractivity contribution in [1.29, 1.82) is 0 Å². The van der Waals surface area contributed by atoms with Crippen LogP contribution in [0.3, 0.4) is 0 Å². The molecule has 3 aromatic carbocycles. The molecule has 1 aliphatic rings. The van der Waals surface area contributed by atoms with Crippen LogP contribution >= 0.6 is 35.0 Å². The Morgan fingerprint density at radius 3 is 2.36 bits per heavy atom. The first kappa shape index (κ1) is 32.8. The Hall–Kier alpha value is -3.54. The molecule has 1 unspecified atom stereocenters. The number of carbonyl (C=O) groups excluding carboxylic acids is 2. The smallest absolute Gasteiger partial charge is 0.339 e. The number of nitrogens with zero attached hydrogens (tertiary/aromatic N) is 5. The van der Waals surface area contributed by atoms with Gasteiger partial charge in [0.2, 0.25) is 5.91 Å². The number of alkyl halides is 3.